The maximum Gasteiger partial charge on any atom is 0.293 e. The van der Waals surface area contributed by atoms with Gasteiger partial charge in [-0.1, -0.05) is 34.1 Å². The van der Waals surface area contributed by atoms with Crippen LogP contribution < -0.4 is 32.6 Å². The second-order valence-electron chi connectivity index (χ2n) is 18.3. The second kappa shape index (κ2) is 29.2. The lowest BCUT2D eigenvalue weighted by Gasteiger charge is -2.40. The van der Waals surface area contributed by atoms with Crippen molar-refractivity contribution in [1.82, 2.24) is 39.1 Å². The zero-order valence-electron chi connectivity index (χ0n) is 42.9. The SMILES string of the molecule is CCn1cc(C2CN([C@@H](C)C(=O)Nc3ccc(F)cn3)CCC2(F)F)ccc1=O.CCn1cc(C2CNCCC2(F)F)ccc1=O.C[C@@H](Br)C(=O)Nc1ccc(F)cn1.Cl.O=C[B]N1CCC(F)(F)C(c2ccc(=O)[nH]c2)C1. The van der Waals surface area contributed by atoms with E-state index in [4.69, 9.17) is 0 Å². The van der Waals surface area contributed by atoms with Gasteiger partial charge in [0, 0.05) is 95.3 Å². The van der Waals surface area contributed by atoms with Crippen LogP contribution in [0.1, 0.15) is 81.4 Å². The van der Waals surface area contributed by atoms with Crippen LogP contribution in [0.4, 0.5) is 46.8 Å². The number of amides is 2. The highest BCUT2D eigenvalue weighted by Crippen LogP contribution is 2.42. The van der Waals surface area contributed by atoms with Crippen molar-refractivity contribution in [3.63, 3.8) is 0 Å². The Morgan fingerprint density at radius 3 is 1.69 bits per heavy atom. The van der Waals surface area contributed by atoms with Crippen molar-refractivity contribution in [2.45, 2.75) is 106 Å². The van der Waals surface area contributed by atoms with E-state index in [9.17, 15) is 63.9 Å². The molecule has 16 nitrogen and oxygen atoms in total. The fourth-order valence-corrected chi connectivity index (χ4v) is 8.59. The Morgan fingerprint density at radius 1 is 0.718 bits per heavy atom. The maximum atomic E-state index is 14.7. The summed E-state index contributed by atoms with van der Waals surface area (Å²) in [5.74, 6) is -12.5. The third-order valence-electron chi connectivity index (χ3n) is 13.0. The first kappa shape index (κ1) is 64.4. The van der Waals surface area contributed by atoms with E-state index in [1.54, 1.807) is 36.7 Å². The van der Waals surface area contributed by atoms with Crippen molar-refractivity contribution < 1.29 is 49.5 Å². The number of aromatic nitrogens is 5. The normalized spacial score (nSPS) is 20.1. The van der Waals surface area contributed by atoms with Crippen molar-refractivity contribution in [2.75, 3.05) is 49.9 Å². The van der Waals surface area contributed by atoms with Crippen LogP contribution in [0, 0.1) is 11.6 Å². The molecule has 3 aliphatic rings. The molecule has 1 radical (unpaired) electrons. The van der Waals surface area contributed by atoms with Crippen LogP contribution in [0.25, 0.3) is 0 Å². The summed E-state index contributed by atoms with van der Waals surface area (Å²) in [6.07, 6.45) is 6.11. The Bertz CT molecular complexity index is 2920. The molecule has 0 aromatic carbocycles. The number of nitrogens with one attached hydrogen (secondary N) is 4. The first-order chi connectivity index (χ1) is 36.4. The minimum atomic E-state index is -2.94. The van der Waals surface area contributed by atoms with Crippen LogP contribution in [0.5, 0.6) is 0 Å². The molecule has 5 atom stereocenters. The Kier molecular flexibility index (Phi) is 24.1. The second-order valence-corrected chi connectivity index (χ2v) is 19.7. The number of nitrogens with zero attached hydrogens (tertiary/aromatic N) is 6. The van der Waals surface area contributed by atoms with Crippen molar-refractivity contribution >= 4 is 65.4 Å². The number of pyridine rings is 5. The minimum Gasteiger partial charge on any atom is -0.339 e. The lowest BCUT2D eigenvalue weighted by atomic mass is 9.82. The summed E-state index contributed by atoms with van der Waals surface area (Å²) >= 11 is 3.10. The van der Waals surface area contributed by atoms with Crippen molar-refractivity contribution in [1.29, 1.82) is 0 Å². The van der Waals surface area contributed by atoms with Gasteiger partial charge in [0.15, 0.2) is 0 Å². The molecule has 0 bridgehead atoms. The van der Waals surface area contributed by atoms with Crippen LogP contribution in [0.3, 0.4) is 0 Å². The summed E-state index contributed by atoms with van der Waals surface area (Å²) in [4.78, 5) is 80.9. The lowest BCUT2D eigenvalue weighted by Crippen LogP contribution is -2.52. The number of halogens is 10. The molecule has 2 amide bonds. The number of anilines is 2. The van der Waals surface area contributed by atoms with Gasteiger partial charge < -0.3 is 39.7 Å². The summed E-state index contributed by atoms with van der Waals surface area (Å²) in [7, 11) is 1.27. The van der Waals surface area contributed by atoms with Gasteiger partial charge in [0.25, 0.3) is 36.3 Å². The first-order valence-electron chi connectivity index (χ1n) is 24.6. The molecule has 3 unspecified atom stereocenters. The van der Waals surface area contributed by atoms with Gasteiger partial charge in [-0.2, -0.15) is 0 Å². The summed E-state index contributed by atoms with van der Waals surface area (Å²) in [6, 6.07) is 12.7. The molecule has 5 aromatic rings. The molecule has 78 heavy (non-hydrogen) atoms. The molecule has 8 rings (SSSR count). The molecule has 3 aliphatic heterocycles. The standard InChI is InChI=1S/C20H23F3N4O2.C12H16F2N2O.C11H12BF2N2O2.C8H8BrFN2O.ClH/c1-3-26-11-14(4-7-18(26)28)16-12-27(9-8-20(16,22)23)13(2)19(29)25-17-6-5-15(21)10-24-17;1-2-16-8-9(3-4-11(16)17)10-7-15-6-5-12(10,13)14;13-11(14)3-4-16(12-7-17)6-9(11)8-1-2-10(18)15-5-8;1-5(9)8(13)12-7-3-2-6(10)4-11-7;/h4-7,10-11,13,16H,3,8-9,12H2,1-2H3,(H,24,25,29);3-4,8,10,15H,2,5-7H2,1H3;1-2,5,7,9H,3-4,6H2,(H,15,18);2-5H,1H3,(H,11,12,13);1H/t13-,16?;;;5-;/m0..1./s1. The van der Waals surface area contributed by atoms with Gasteiger partial charge in [0.05, 0.1) is 47.2 Å². The van der Waals surface area contributed by atoms with Crippen LogP contribution in [0.15, 0.2) is 106 Å². The predicted octanol–water partition coefficient (Wildman–Crippen LogP) is 7.41. The first-order valence-corrected chi connectivity index (χ1v) is 25.5. The number of rotatable bonds is 12. The Balaban J connectivity index is 0.000000234. The van der Waals surface area contributed by atoms with Crippen LogP contribution in [-0.2, 0) is 27.5 Å². The number of aryl methyl sites for hydroxylation is 2. The van der Waals surface area contributed by atoms with Gasteiger partial charge in [-0.25, -0.2) is 45.1 Å². The minimum absolute atomic E-state index is 0. The summed E-state index contributed by atoms with van der Waals surface area (Å²) in [5, 5.41) is 8.05. The summed E-state index contributed by atoms with van der Waals surface area (Å²) in [6.45, 7) is 8.66. The zero-order chi connectivity index (χ0) is 56.7. The number of piperidine rings is 3. The van der Waals surface area contributed by atoms with Crippen LogP contribution in [0.2, 0.25) is 0 Å². The number of likely N-dealkylation sites (tertiary alicyclic amines) is 1. The van der Waals surface area contributed by atoms with E-state index in [1.165, 1.54) is 89.6 Å². The van der Waals surface area contributed by atoms with Crippen molar-refractivity contribution in [3.05, 3.63) is 151 Å². The van der Waals surface area contributed by atoms with Gasteiger partial charge >= 0.3 is 0 Å². The van der Waals surface area contributed by atoms with E-state index in [0.29, 0.717) is 48.3 Å². The molecule has 5 aromatic heterocycles. The van der Waals surface area contributed by atoms with Gasteiger partial charge in [-0.15, -0.1) is 12.4 Å². The highest BCUT2D eigenvalue weighted by atomic mass is 79.9. The molecule has 0 aliphatic carbocycles. The molecule has 27 heteroatoms. The summed E-state index contributed by atoms with van der Waals surface area (Å²) < 4.78 is 113. The molecule has 0 spiro atoms. The largest absolute Gasteiger partial charge is 0.339 e. The summed E-state index contributed by atoms with van der Waals surface area (Å²) in [5.41, 5.74) is 0.561. The molecule has 3 fully saturated rings. The Hall–Kier alpha value is -6.09. The third kappa shape index (κ3) is 18.2. The van der Waals surface area contributed by atoms with E-state index >= 15 is 0 Å². The van der Waals surface area contributed by atoms with Crippen LogP contribution >= 0.6 is 28.3 Å². The monoisotopic (exact) mass is 1190 g/mol. The average molecular weight is 1190 g/mol. The van der Waals surface area contributed by atoms with Crippen molar-refractivity contribution in [2.24, 2.45) is 0 Å². The van der Waals surface area contributed by atoms with Gasteiger partial charge in [-0.3, -0.25) is 28.9 Å². The number of carbonyl (C=O) groups is 3. The molecule has 0 saturated carbocycles. The van der Waals surface area contributed by atoms with Gasteiger partial charge in [0.2, 0.25) is 17.4 Å². The Labute approximate surface area is 459 Å². The van der Waals surface area contributed by atoms with Crippen molar-refractivity contribution in [3.8, 4) is 0 Å². The molecule has 3 saturated heterocycles. The third-order valence-corrected chi connectivity index (χ3v) is 13.5. The highest BCUT2D eigenvalue weighted by Gasteiger charge is 2.47. The topological polar surface area (TPSA) is 196 Å². The number of H-pyrrole nitrogens is 1. The van der Waals surface area contributed by atoms with E-state index < -0.39 is 65.5 Å². The van der Waals surface area contributed by atoms with E-state index in [1.807, 2.05) is 6.92 Å². The maximum absolute atomic E-state index is 14.7. The molecular weight excluding hydrogens is 1130 g/mol. The fourth-order valence-electron chi connectivity index (χ4n) is 8.48. The zero-order valence-corrected chi connectivity index (χ0v) is 45.3. The smallest absolute Gasteiger partial charge is 0.293 e. The predicted molar refractivity (Wildman–Crippen MR) is 286 cm³/mol. The number of hydrogen-bond donors (Lipinski definition) is 4. The van der Waals surface area contributed by atoms with Gasteiger partial charge in [-0.05, 0) is 81.7 Å². The van der Waals surface area contributed by atoms with E-state index in [-0.39, 0.29) is 91.2 Å². The quantitative estimate of drug-likeness (QED) is 0.0421. The lowest BCUT2D eigenvalue weighted by molar-refractivity contribution is -0.125. The number of carbonyl (C=O) groups excluding carboxylic acids is 3. The fraction of sp³-hybridized carbons (Fsp3) is 0.451. The number of hydrogen-bond acceptors (Lipinski definition) is 11. The number of aromatic amines is 1. The van der Waals surface area contributed by atoms with E-state index in [0.717, 1.165) is 12.4 Å². The molecular formula is C51H60BBrClF8N10O6. The number of alkyl halides is 7. The van der Waals surface area contributed by atoms with E-state index in [2.05, 4.69) is 46.8 Å². The Morgan fingerprint density at radius 2 is 1.22 bits per heavy atom. The average Bonchev–Trinajstić information content (AvgIpc) is 3.44. The molecule has 4 N–H and O–H groups in total. The highest BCUT2D eigenvalue weighted by molar-refractivity contribution is 9.10. The van der Waals surface area contributed by atoms with Crippen LogP contribution in [-0.4, -0.2) is 127 Å². The molecule has 8 heterocycles. The van der Waals surface area contributed by atoms with Gasteiger partial charge in [0.1, 0.15) is 23.3 Å². The molecule has 423 valence electrons.